The topological polar surface area (TPSA) is 66.8 Å². The Hall–Kier alpha value is -0.723. The fourth-order valence-corrected chi connectivity index (χ4v) is 11.6. The fraction of sp³-hybridized carbons (Fsp3) is 0.941. The number of likely N-dealkylation sites (tertiary alicyclic amines) is 1. The number of nitrogens with zero attached hydrogens (tertiary/aromatic N) is 1. The molecule has 5 rings (SSSR count). The highest BCUT2D eigenvalue weighted by molar-refractivity contribution is 6.74. The molecule has 1 saturated heterocycles. The second-order valence-corrected chi connectivity index (χ2v) is 21.5. The molecular formula is C34H59NO4Si. The lowest BCUT2D eigenvalue weighted by molar-refractivity contribution is -0.181. The van der Waals surface area contributed by atoms with Crippen molar-refractivity contribution < 1.29 is 19.1 Å². The van der Waals surface area contributed by atoms with Gasteiger partial charge in [-0.15, -0.1) is 0 Å². The van der Waals surface area contributed by atoms with Gasteiger partial charge in [0.2, 0.25) is 5.91 Å². The number of aliphatic hydroxyl groups excluding tert-OH is 1. The first-order valence-electron chi connectivity index (χ1n) is 16.8. The summed E-state index contributed by atoms with van der Waals surface area (Å²) in [6, 6.07) is 0. The molecule has 1 unspecified atom stereocenters. The molecule has 40 heavy (non-hydrogen) atoms. The van der Waals surface area contributed by atoms with Gasteiger partial charge in [-0.1, -0.05) is 41.5 Å². The molecule has 0 aromatic rings. The molecule has 6 heteroatoms. The van der Waals surface area contributed by atoms with Crippen molar-refractivity contribution in [3.05, 3.63) is 0 Å². The van der Waals surface area contributed by atoms with Gasteiger partial charge in [0.1, 0.15) is 5.78 Å². The van der Waals surface area contributed by atoms with Gasteiger partial charge in [-0.25, -0.2) is 0 Å². The van der Waals surface area contributed by atoms with Crippen LogP contribution in [0.5, 0.6) is 0 Å². The molecule has 0 aromatic heterocycles. The number of hydrogen-bond donors (Lipinski definition) is 1. The summed E-state index contributed by atoms with van der Waals surface area (Å²) >= 11 is 0. The average molecular weight is 574 g/mol. The summed E-state index contributed by atoms with van der Waals surface area (Å²) < 4.78 is 6.89. The lowest BCUT2D eigenvalue weighted by Gasteiger charge is -2.62. The van der Waals surface area contributed by atoms with Crippen LogP contribution in [0.1, 0.15) is 112 Å². The molecule has 228 valence electrons. The van der Waals surface area contributed by atoms with Gasteiger partial charge in [-0.3, -0.25) is 9.59 Å². The molecule has 1 amide bonds. The summed E-state index contributed by atoms with van der Waals surface area (Å²) in [5.41, 5.74) is -0.246. The van der Waals surface area contributed by atoms with Gasteiger partial charge in [0, 0.05) is 37.5 Å². The van der Waals surface area contributed by atoms with Crippen LogP contribution in [0.3, 0.4) is 0 Å². The maximum absolute atomic E-state index is 14.2. The minimum atomic E-state index is -1.84. The van der Waals surface area contributed by atoms with Crippen molar-refractivity contribution in [2.75, 3.05) is 13.1 Å². The van der Waals surface area contributed by atoms with Crippen molar-refractivity contribution in [2.24, 2.45) is 46.3 Å². The van der Waals surface area contributed by atoms with Crippen molar-refractivity contribution in [3.63, 3.8) is 0 Å². The number of rotatable bonds is 6. The number of carbonyl (C=O) groups is 2. The van der Waals surface area contributed by atoms with Gasteiger partial charge in [-0.05, 0) is 117 Å². The van der Waals surface area contributed by atoms with Crippen LogP contribution >= 0.6 is 0 Å². The van der Waals surface area contributed by atoms with Crippen LogP contribution in [-0.4, -0.2) is 55.3 Å². The molecule has 10 atom stereocenters. The Balaban J connectivity index is 1.29. The standard InChI is InChI=1S/C34H59NO4Si/c1-22(11-14-30(38)35-17-9-10-18-35)25-12-13-26-31-27(21-29(37)34(25,26)6)33(5)16-15-24(19-23(33)20-28(31)36)39-40(7,8)32(2,3)4/h22-28,31,36H,9-21H2,1-8H3/t22-,23+,24?,25-,26+,27+,28-,31+,33+,34-/m1/s1. The quantitative estimate of drug-likeness (QED) is 0.341. The molecule has 1 N–H and O–H groups in total. The van der Waals surface area contributed by atoms with E-state index in [4.69, 9.17) is 4.43 Å². The first-order valence-corrected chi connectivity index (χ1v) is 19.7. The molecule has 4 saturated carbocycles. The van der Waals surface area contributed by atoms with E-state index in [1.54, 1.807) is 0 Å². The van der Waals surface area contributed by atoms with E-state index in [9.17, 15) is 14.7 Å². The third-order valence-electron chi connectivity index (χ3n) is 13.8. The molecule has 5 fully saturated rings. The second kappa shape index (κ2) is 10.8. The molecular weight excluding hydrogens is 514 g/mol. The Labute approximate surface area is 245 Å². The largest absolute Gasteiger partial charge is 0.414 e. The van der Waals surface area contributed by atoms with E-state index >= 15 is 0 Å². The van der Waals surface area contributed by atoms with Gasteiger partial charge < -0.3 is 14.4 Å². The zero-order valence-electron chi connectivity index (χ0n) is 26.9. The van der Waals surface area contributed by atoms with Crippen molar-refractivity contribution in [3.8, 4) is 0 Å². The SMILES string of the molecule is C[C@H](CCC(=O)N1CCCC1)[C@H]1CC[C@H]2[C@@H]3[C@H](O)C[C@@H]4CC(O[Si](C)(C)C(C)(C)C)CC[C@]4(C)[C@H]3CC(=O)[C@]12C. The van der Waals surface area contributed by atoms with E-state index in [1.807, 2.05) is 4.90 Å². The average Bonchev–Trinajstić information content (AvgIpc) is 3.52. The molecule has 0 aromatic carbocycles. The van der Waals surface area contributed by atoms with Gasteiger partial charge in [0.25, 0.3) is 0 Å². The Morgan fingerprint density at radius 2 is 1.77 bits per heavy atom. The minimum absolute atomic E-state index is 0.111. The lowest BCUT2D eigenvalue weighted by atomic mass is 9.43. The van der Waals surface area contributed by atoms with Crippen molar-refractivity contribution in [1.82, 2.24) is 4.90 Å². The zero-order chi connectivity index (χ0) is 29.3. The Morgan fingerprint density at radius 3 is 2.42 bits per heavy atom. The zero-order valence-corrected chi connectivity index (χ0v) is 27.9. The summed E-state index contributed by atoms with van der Waals surface area (Å²) in [6.07, 6.45) is 10.5. The molecule has 0 spiro atoms. The molecule has 5 nitrogen and oxygen atoms in total. The number of ketones is 1. The van der Waals surface area contributed by atoms with E-state index < -0.39 is 8.32 Å². The first-order chi connectivity index (χ1) is 18.6. The number of Topliss-reactive ketones (excluding diaryl/α,β-unsaturated/α-hetero) is 1. The monoisotopic (exact) mass is 573 g/mol. The van der Waals surface area contributed by atoms with E-state index in [1.165, 1.54) is 0 Å². The highest BCUT2D eigenvalue weighted by Gasteiger charge is 2.66. The van der Waals surface area contributed by atoms with Gasteiger partial charge >= 0.3 is 0 Å². The van der Waals surface area contributed by atoms with Crippen LogP contribution in [0.25, 0.3) is 0 Å². The van der Waals surface area contributed by atoms with E-state index in [2.05, 4.69) is 54.6 Å². The Kier molecular flexibility index (Phi) is 8.27. The summed E-state index contributed by atoms with van der Waals surface area (Å²) in [4.78, 5) is 29.0. The van der Waals surface area contributed by atoms with Crippen LogP contribution in [0.4, 0.5) is 0 Å². The lowest BCUT2D eigenvalue weighted by Crippen LogP contribution is -2.61. The summed E-state index contributed by atoms with van der Waals surface area (Å²) in [5.74, 6) is 2.64. The molecule has 1 aliphatic heterocycles. The van der Waals surface area contributed by atoms with Gasteiger partial charge in [-0.2, -0.15) is 0 Å². The third-order valence-corrected chi connectivity index (χ3v) is 18.3. The molecule has 4 aliphatic carbocycles. The normalized spacial score (nSPS) is 42.8. The van der Waals surface area contributed by atoms with Crippen LogP contribution in [0, 0.1) is 46.3 Å². The maximum Gasteiger partial charge on any atom is 0.222 e. The molecule has 5 aliphatic rings. The van der Waals surface area contributed by atoms with Crippen molar-refractivity contribution >= 4 is 20.0 Å². The summed E-state index contributed by atoms with van der Waals surface area (Å²) in [7, 11) is -1.84. The number of carbonyl (C=O) groups excluding carboxylic acids is 2. The second-order valence-electron chi connectivity index (χ2n) is 16.8. The summed E-state index contributed by atoms with van der Waals surface area (Å²) in [6.45, 7) is 20.5. The van der Waals surface area contributed by atoms with Gasteiger partial charge in [0.05, 0.1) is 6.10 Å². The number of hydrogen-bond acceptors (Lipinski definition) is 4. The molecule has 1 heterocycles. The van der Waals surface area contributed by atoms with Crippen molar-refractivity contribution in [2.45, 2.75) is 143 Å². The number of amides is 1. The fourth-order valence-electron chi connectivity index (χ4n) is 10.2. The van der Waals surface area contributed by atoms with Crippen LogP contribution < -0.4 is 0 Å². The van der Waals surface area contributed by atoms with Crippen LogP contribution in [-0.2, 0) is 14.0 Å². The highest BCUT2D eigenvalue weighted by atomic mass is 28.4. The van der Waals surface area contributed by atoms with E-state index in [0.29, 0.717) is 42.3 Å². The molecule has 0 radical (unpaired) electrons. The number of fused-ring (bicyclic) bond motifs is 5. The van der Waals surface area contributed by atoms with Crippen LogP contribution in [0.2, 0.25) is 18.1 Å². The van der Waals surface area contributed by atoms with E-state index in [0.717, 1.165) is 70.9 Å². The predicted molar refractivity (Wildman–Crippen MR) is 163 cm³/mol. The Bertz CT molecular complexity index is 969. The van der Waals surface area contributed by atoms with Crippen LogP contribution in [0.15, 0.2) is 0 Å². The minimum Gasteiger partial charge on any atom is -0.414 e. The van der Waals surface area contributed by atoms with Crippen molar-refractivity contribution in [1.29, 1.82) is 0 Å². The van der Waals surface area contributed by atoms with Gasteiger partial charge in [0.15, 0.2) is 8.32 Å². The molecule has 0 bridgehead atoms. The first kappa shape index (κ1) is 30.7. The highest BCUT2D eigenvalue weighted by Crippen LogP contribution is 2.67. The maximum atomic E-state index is 14.2. The third kappa shape index (κ3) is 5.08. The number of aliphatic hydroxyl groups is 1. The van der Waals surface area contributed by atoms with E-state index in [-0.39, 0.29) is 45.8 Å². The smallest absolute Gasteiger partial charge is 0.222 e. The summed E-state index contributed by atoms with van der Waals surface area (Å²) in [5, 5.41) is 12.0. The Morgan fingerprint density at radius 1 is 1.10 bits per heavy atom. The predicted octanol–water partition coefficient (Wildman–Crippen LogP) is 7.22.